The number of nitrogen functional groups attached to an aromatic ring is 1. The van der Waals surface area contributed by atoms with Crippen LogP contribution in [0.3, 0.4) is 0 Å². The number of rotatable bonds is 7. The number of pyridine rings is 1. The summed E-state index contributed by atoms with van der Waals surface area (Å²) in [5, 5.41) is 0.532. The Balaban J connectivity index is 1.39. The maximum atomic E-state index is 12.4. The molecule has 0 radical (unpaired) electrons. The van der Waals surface area contributed by atoms with Crippen LogP contribution >= 0.6 is 23.2 Å². The number of nitrogens with zero attached hydrogens (tertiary/aromatic N) is 3. The molecule has 1 aromatic carbocycles. The average molecular weight is 468 g/mol. The number of benzene rings is 1. The van der Waals surface area contributed by atoms with Gasteiger partial charge in [-0.2, -0.15) is 0 Å². The standard InChI is InChI=1S/C20H23Cl2N5O2S/c21-15-8-7-13(11-16(15)22)30(28,29)25-9-3-4-10-27-12-24-18-19(27)14-5-1-2-6-17(14)26-20(18)23/h7-8,11-12,25H,1-6,9-10H2,(H2,23,26). The van der Waals surface area contributed by atoms with Gasteiger partial charge >= 0.3 is 0 Å². The van der Waals surface area contributed by atoms with Crippen molar-refractivity contribution in [1.29, 1.82) is 0 Å². The summed E-state index contributed by atoms with van der Waals surface area (Å²) >= 11 is 11.8. The van der Waals surface area contributed by atoms with Crippen LogP contribution in [0.1, 0.15) is 36.9 Å². The second kappa shape index (κ2) is 8.70. The van der Waals surface area contributed by atoms with Crippen molar-refractivity contribution >= 4 is 50.1 Å². The molecule has 0 atom stereocenters. The van der Waals surface area contributed by atoms with Crippen molar-refractivity contribution in [2.75, 3.05) is 12.3 Å². The number of fused-ring (bicyclic) bond motifs is 3. The second-order valence-electron chi connectivity index (χ2n) is 7.45. The maximum Gasteiger partial charge on any atom is 0.240 e. The Labute approximate surface area is 185 Å². The molecule has 1 aliphatic carbocycles. The fourth-order valence-corrected chi connectivity index (χ4v) is 5.33. The van der Waals surface area contributed by atoms with E-state index in [0.29, 0.717) is 23.8 Å². The topological polar surface area (TPSA) is 103 Å². The number of imidazole rings is 1. The normalized spacial score (nSPS) is 14.2. The molecule has 0 amide bonds. The van der Waals surface area contributed by atoms with Crippen molar-refractivity contribution in [2.24, 2.45) is 0 Å². The first kappa shape index (κ1) is 21.4. The highest BCUT2D eigenvalue weighted by molar-refractivity contribution is 7.89. The summed E-state index contributed by atoms with van der Waals surface area (Å²) in [6, 6.07) is 4.27. The van der Waals surface area contributed by atoms with Gasteiger partial charge in [0.25, 0.3) is 0 Å². The summed E-state index contributed by atoms with van der Waals surface area (Å²) in [4.78, 5) is 9.10. The molecular formula is C20H23Cl2N5O2S. The van der Waals surface area contributed by atoms with Gasteiger partial charge in [0, 0.05) is 18.8 Å². The fraction of sp³-hybridized carbons (Fsp3) is 0.400. The SMILES string of the molecule is Nc1nc2c(c3c1ncn3CCCCNS(=O)(=O)c1ccc(Cl)c(Cl)c1)CCCC2. The number of unbranched alkanes of at least 4 members (excludes halogenated alkanes) is 1. The first-order chi connectivity index (χ1) is 14.4. The molecular weight excluding hydrogens is 445 g/mol. The predicted octanol–water partition coefficient (Wildman–Crippen LogP) is 3.96. The van der Waals surface area contributed by atoms with Crippen LogP contribution in [0.15, 0.2) is 29.4 Å². The minimum absolute atomic E-state index is 0.104. The average Bonchev–Trinajstić information content (AvgIpc) is 3.15. The number of hydrogen-bond donors (Lipinski definition) is 2. The predicted molar refractivity (Wildman–Crippen MR) is 119 cm³/mol. The van der Waals surface area contributed by atoms with Crippen LogP contribution in [0.2, 0.25) is 10.0 Å². The lowest BCUT2D eigenvalue weighted by molar-refractivity contribution is 0.568. The number of nitrogens with two attached hydrogens (primary N) is 1. The van der Waals surface area contributed by atoms with Crippen molar-refractivity contribution < 1.29 is 8.42 Å². The van der Waals surface area contributed by atoms with E-state index in [1.165, 1.54) is 23.8 Å². The number of aromatic nitrogens is 3. The van der Waals surface area contributed by atoms with Crippen LogP contribution < -0.4 is 10.5 Å². The molecule has 0 spiro atoms. The van der Waals surface area contributed by atoms with Crippen LogP contribution in [-0.4, -0.2) is 29.5 Å². The number of aryl methyl sites for hydroxylation is 3. The molecule has 0 bridgehead atoms. The number of anilines is 1. The Morgan fingerprint density at radius 2 is 1.93 bits per heavy atom. The van der Waals surface area contributed by atoms with Crippen molar-refractivity contribution in [1.82, 2.24) is 19.3 Å². The van der Waals surface area contributed by atoms with E-state index >= 15 is 0 Å². The first-order valence-electron chi connectivity index (χ1n) is 9.93. The van der Waals surface area contributed by atoms with E-state index in [4.69, 9.17) is 28.9 Å². The van der Waals surface area contributed by atoms with Crippen molar-refractivity contribution in [3.8, 4) is 0 Å². The largest absolute Gasteiger partial charge is 0.382 e. The van der Waals surface area contributed by atoms with Gasteiger partial charge in [-0.1, -0.05) is 23.2 Å². The molecule has 30 heavy (non-hydrogen) atoms. The Morgan fingerprint density at radius 3 is 2.73 bits per heavy atom. The molecule has 0 fully saturated rings. The highest BCUT2D eigenvalue weighted by Crippen LogP contribution is 2.30. The fourth-order valence-electron chi connectivity index (χ4n) is 3.86. The van der Waals surface area contributed by atoms with Gasteiger partial charge in [-0.15, -0.1) is 0 Å². The van der Waals surface area contributed by atoms with Gasteiger partial charge in [0.05, 0.1) is 26.8 Å². The molecule has 0 saturated heterocycles. The Bertz CT molecular complexity index is 1190. The molecule has 7 nitrogen and oxygen atoms in total. The molecule has 0 unspecified atom stereocenters. The van der Waals surface area contributed by atoms with Crippen LogP contribution in [-0.2, 0) is 29.4 Å². The molecule has 1 aliphatic rings. The number of sulfonamides is 1. The summed E-state index contributed by atoms with van der Waals surface area (Å²) < 4.78 is 29.6. The van der Waals surface area contributed by atoms with E-state index in [1.54, 1.807) is 6.33 Å². The first-order valence-corrected chi connectivity index (χ1v) is 12.2. The monoisotopic (exact) mass is 467 g/mol. The van der Waals surface area contributed by atoms with Gasteiger partial charge in [0.1, 0.15) is 5.52 Å². The molecule has 3 aromatic rings. The van der Waals surface area contributed by atoms with E-state index < -0.39 is 10.0 Å². The van der Waals surface area contributed by atoms with Crippen LogP contribution in [0.5, 0.6) is 0 Å². The smallest absolute Gasteiger partial charge is 0.240 e. The van der Waals surface area contributed by atoms with E-state index in [0.717, 1.165) is 55.4 Å². The lowest BCUT2D eigenvalue weighted by Gasteiger charge is -2.17. The molecule has 3 N–H and O–H groups in total. The van der Waals surface area contributed by atoms with Crippen LogP contribution in [0.25, 0.3) is 11.0 Å². The summed E-state index contributed by atoms with van der Waals surface area (Å²) in [6.45, 7) is 1.07. The lowest BCUT2D eigenvalue weighted by Crippen LogP contribution is -2.25. The van der Waals surface area contributed by atoms with Gasteiger partial charge in [-0.05, 0) is 62.3 Å². The maximum absolute atomic E-state index is 12.4. The molecule has 4 rings (SSSR count). The Morgan fingerprint density at radius 1 is 1.13 bits per heavy atom. The summed E-state index contributed by atoms with van der Waals surface area (Å²) in [7, 11) is -3.62. The van der Waals surface area contributed by atoms with E-state index in [9.17, 15) is 8.42 Å². The Kier molecular flexibility index (Phi) is 6.20. The Hall–Kier alpha value is -1.87. The van der Waals surface area contributed by atoms with Gasteiger partial charge in [0.2, 0.25) is 10.0 Å². The van der Waals surface area contributed by atoms with Gasteiger partial charge in [0.15, 0.2) is 5.82 Å². The highest BCUT2D eigenvalue weighted by atomic mass is 35.5. The van der Waals surface area contributed by atoms with Gasteiger partial charge in [-0.3, -0.25) is 0 Å². The van der Waals surface area contributed by atoms with Crippen molar-refractivity contribution in [3.63, 3.8) is 0 Å². The van der Waals surface area contributed by atoms with Gasteiger partial charge in [-0.25, -0.2) is 23.1 Å². The summed E-state index contributed by atoms with van der Waals surface area (Å²) in [5.74, 6) is 0.485. The van der Waals surface area contributed by atoms with Crippen LogP contribution in [0.4, 0.5) is 5.82 Å². The summed E-state index contributed by atoms with van der Waals surface area (Å²) in [5.41, 5.74) is 10.3. The quantitative estimate of drug-likeness (QED) is 0.511. The third kappa shape index (κ3) is 4.27. The molecule has 2 aromatic heterocycles. The molecule has 160 valence electrons. The number of nitrogens with one attached hydrogen (secondary N) is 1. The highest BCUT2D eigenvalue weighted by Gasteiger charge is 2.20. The minimum atomic E-state index is -3.62. The zero-order valence-electron chi connectivity index (χ0n) is 16.4. The number of hydrogen-bond acceptors (Lipinski definition) is 5. The number of halogens is 2. The third-order valence-electron chi connectivity index (χ3n) is 5.38. The van der Waals surface area contributed by atoms with Crippen LogP contribution in [0, 0.1) is 0 Å². The minimum Gasteiger partial charge on any atom is -0.382 e. The van der Waals surface area contributed by atoms with Gasteiger partial charge < -0.3 is 10.3 Å². The van der Waals surface area contributed by atoms with E-state index in [2.05, 4.69) is 19.3 Å². The lowest BCUT2D eigenvalue weighted by atomic mass is 9.95. The third-order valence-corrected chi connectivity index (χ3v) is 7.58. The van der Waals surface area contributed by atoms with E-state index in [1.807, 2.05) is 0 Å². The second-order valence-corrected chi connectivity index (χ2v) is 10.0. The summed E-state index contributed by atoms with van der Waals surface area (Å²) in [6.07, 6.45) is 7.52. The van der Waals surface area contributed by atoms with Crippen molar-refractivity contribution in [2.45, 2.75) is 50.0 Å². The zero-order valence-corrected chi connectivity index (χ0v) is 18.7. The van der Waals surface area contributed by atoms with E-state index in [-0.39, 0.29) is 9.92 Å². The molecule has 2 heterocycles. The molecule has 10 heteroatoms. The molecule has 0 aliphatic heterocycles. The molecule has 0 saturated carbocycles. The zero-order chi connectivity index (χ0) is 21.3. The van der Waals surface area contributed by atoms with Crippen molar-refractivity contribution in [3.05, 3.63) is 45.8 Å².